The number of hydrogen-bond acceptors (Lipinski definition) is 4. The number of nitrogens with one attached hydrogen (secondary N) is 1. The highest BCUT2D eigenvalue weighted by molar-refractivity contribution is 6.28. The van der Waals surface area contributed by atoms with Crippen molar-refractivity contribution in [2.24, 2.45) is 11.8 Å². The van der Waals surface area contributed by atoms with Crippen LogP contribution in [-0.4, -0.2) is 31.8 Å². The molecule has 2 aromatic rings. The van der Waals surface area contributed by atoms with Gasteiger partial charge in [0.25, 0.3) is 5.56 Å². The maximum atomic E-state index is 12.5. The van der Waals surface area contributed by atoms with Gasteiger partial charge < -0.3 is 9.88 Å². The van der Waals surface area contributed by atoms with Crippen molar-refractivity contribution in [1.29, 1.82) is 0 Å². The van der Waals surface area contributed by atoms with Gasteiger partial charge in [0.15, 0.2) is 0 Å². The minimum Gasteiger partial charge on any atom is -0.316 e. The molecule has 1 aliphatic carbocycles. The fraction of sp³-hybridized carbons (Fsp3) is 0.667. The van der Waals surface area contributed by atoms with Crippen LogP contribution in [0.25, 0.3) is 5.78 Å². The Kier molecular flexibility index (Phi) is 4.42. The Morgan fingerprint density at radius 3 is 2.83 bits per heavy atom. The quantitative estimate of drug-likeness (QED) is 0.913. The van der Waals surface area contributed by atoms with Crippen LogP contribution in [0.5, 0.6) is 0 Å². The van der Waals surface area contributed by atoms with Crippen LogP contribution in [0.1, 0.15) is 38.2 Å². The van der Waals surface area contributed by atoms with Gasteiger partial charge in [-0.3, -0.25) is 4.79 Å². The van der Waals surface area contributed by atoms with Gasteiger partial charge in [0.1, 0.15) is 0 Å². The molecule has 3 atom stereocenters. The second-order valence-corrected chi connectivity index (χ2v) is 7.22. The maximum Gasteiger partial charge on any atom is 0.279 e. The molecule has 1 aliphatic heterocycles. The molecular formula is C15H21Cl2N5O. The Hall–Kier alpha value is -1.11. The molecule has 0 radical (unpaired) electrons. The van der Waals surface area contributed by atoms with E-state index in [9.17, 15) is 4.79 Å². The molecule has 6 nitrogen and oxygen atoms in total. The molecule has 2 bridgehead atoms. The van der Waals surface area contributed by atoms with E-state index in [1.54, 1.807) is 0 Å². The first kappa shape index (κ1) is 16.7. The van der Waals surface area contributed by atoms with Crippen LogP contribution in [-0.2, 0) is 6.54 Å². The largest absolute Gasteiger partial charge is 0.316 e. The van der Waals surface area contributed by atoms with E-state index >= 15 is 0 Å². The molecule has 126 valence electrons. The molecule has 1 saturated heterocycles. The van der Waals surface area contributed by atoms with Crippen molar-refractivity contribution >= 4 is 29.8 Å². The van der Waals surface area contributed by atoms with Gasteiger partial charge in [-0.25, -0.2) is 0 Å². The maximum absolute atomic E-state index is 12.5. The molecule has 1 N–H and O–H groups in total. The number of rotatable bonds is 3. The number of aromatic nitrogens is 4. The summed E-state index contributed by atoms with van der Waals surface area (Å²) < 4.78 is 3.42. The van der Waals surface area contributed by atoms with Crippen LogP contribution in [0.2, 0.25) is 5.28 Å². The molecule has 0 spiro atoms. The van der Waals surface area contributed by atoms with Gasteiger partial charge >= 0.3 is 0 Å². The number of piperidine rings is 1. The summed E-state index contributed by atoms with van der Waals surface area (Å²) in [6.07, 6.45) is 4.42. The summed E-state index contributed by atoms with van der Waals surface area (Å²) in [4.78, 5) is 16.7. The van der Waals surface area contributed by atoms with Gasteiger partial charge in [-0.1, -0.05) is 13.8 Å². The number of nitrogens with zero attached hydrogens (tertiary/aromatic N) is 4. The lowest BCUT2D eigenvalue weighted by molar-refractivity contribution is 0.311. The van der Waals surface area contributed by atoms with Crippen molar-refractivity contribution in [1.82, 2.24) is 24.5 Å². The summed E-state index contributed by atoms with van der Waals surface area (Å²) in [5.41, 5.74) is 0.644. The zero-order chi connectivity index (χ0) is 15.4. The van der Waals surface area contributed by atoms with E-state index in [2.05, 4.69) is 20.0 Å². The van der Waals surface area contributed by atoms with Gasteiger partial charge in [-0.2, -0.15) is 9.50 Å². The van der Waals surface area contributed by atoms with Gasteiger partial charge in [0, 0.05) is 24.3 Å². The highest BCUT2D eigenvalue weighted by Crippen LogP contribution is 2.37. The predicted molar refractivity (Wildman–Crippen MR) is 91.6 cm³/mol. The Morgan fingerprint density at radius 1 is 1.43 bits per heavy atom. The van der Waals surface area contributed by atoms with Crippen molar-refractivity contribution in [2.75, 3.05) is 6.54 Å². The molecular weight excluding hydrogens is 337 g/mol. The van der Waals surface area contributed by atoms with E-state index in [0.29, 0.717) is 17.7 Å². The normalized spacial score (nSPS) is 26.2. The summed E-state index contributed by atoms with van der Waals surface area (Å²) >= 11 is 5.93. The van der Waals surface area contributed by atoms with Crippen LogP contribution in [0.4, 0.5) is 0 Å². The van der Waals surface area contributed by atoms with Crippen molar-refractivity contribution < 1.29 is 0 Å². The smallest absolute Gasteiger partial charge is 0.279 e. The average Bonchev–Trinajstić information content (AvgIpc) is 3.16. The summed E-state index contributed by atoms with van der Waals surface area (Å²) in [6.45, 7) is 6.03. The zero-order valence-corrected chi connectivity index (χ0v) is 14.8. The summed E-state index contributed by atoms with van der Waals surface area (Å²) in [6, 6.07) is 0.663. The van der Waals surface area contributed by atoms with Gasteiger partial charge in [0.05, 0.1) is 0 Å². The summed E-state index contributed by atoms with van der Waals surface area (Å²) in [5, 5.41) is 7.73. The third-order valence-electron chi connectivity index (χ3n) is 5.12. The van der Waals surface area contributed by atoms with E-state index in [4.69, 9.17) is 11.6 Å². The third-order valence-corrected chi connectivity index (χ3v) is 5.28. The first-order chi connectivity index (χ1) is 10.5. The first-order valence-corrected chi connectivity index (χ1v) is 8.29. The molecule has 2 aliphatic rings. The van der Waals surface area contributed by atoms with Crippen molar-refractivity contribution in [3.8, 4) is 0 Å². The molecule has 1 saturated carbocycles. The Balaban J connectivity index is 0.00000156. The van der Waals surface area contributed by atoms with Crippen LogP contribution >= 0.6 is 24.0 Å². The third kappa shape index (κ3) is 2.77. The van der Waals surface area contributed by atoms with Crippen molar-refractivity contribution in [2.45, 2.75) is 45.2 Å². The molecule has 0 aromatic carbocycles. The van der Waals surface area contributed by atoms with Gasteiger partial charge in [-0.15, -0.1) is 17.5 Å². The lowest BCUT2D eigenvalue weighted by Crippen LogP contribution is -2.32. The second kappa shape index (κ2) is 6.07. The summed E-state index contributed by atoms with van der Waals surface area (Å²) in [7, 11) is 0. The highest BCUT2D eigenvalue weighted by Gasteiger charge is 2.39. The molecule has 23 heavy (non-hydrogen) atoms. The molecule has 0 unspecified atom stereocenters. The van der Waals surface area contributed by atoms with E-state index in [1.807, 2.05) is 20.0 Å². The number of fused-ring (bicyclic) bond motifs is 3. The minimum atomic E-state index is -0.116. The highest BCUT2D eigenvalue weighted by atomic mass is 35.5. The lowest BCUT2D eigenvalue weighted by atomic mass is 9.95. The first-order valence-electron chi connectivity index (χ1n) is 7.92. The Bertz CT molecular complexity index is 784. The molecule has 2 fully saturated rings. The minimum absolute atomic E-state index is 0. The van der Waals surface area contributed by atoms with Gasteiger partial charge in [-0.05, 0) is 48.7 Å². The average molecular weight is 358 g/mol. The monoisotopic (exact) mass is 357 g/mol. The molecule has 0 amide bonds. The zero-order valence-electron chi connectivity index (χ0n) is 13.2. The fourth-order valence-electron chi connectivity index (χ4n) is 3.96. The summed E-state index contributed by atoms with van der Waals surface area (Å²) in [5.74, 6) is 2.06. The second-order valence-electron chi connectivity index (χ2n) is 6.89. The molecule has 8 heteroatoms. The van der Waals surface area contributed by atoms with E-state index in [1.165, 1.54) is 17.4 Å². The van der Waals surface area contributed by atoms with E-state index in [0.717, 1.165) is 24.6 Å². The van der Waals surface area contributed by atoms with Crippen LogP contribution in [0, 0.1) is 11.8 Å². The van der Waals surface area contributed by atoms with Crippen LogP contribution in [0.3, 0.4) is 0 Å². The fourth-order valence-corrected chi connectivity index (χ4v) is 4.11. The van der Waals surface area contributed by atoms with Gasteiger partial charge in [0.2, 0.25) is 11.1 Å². The SMILES string of the molecule is CC(C)c1cn(C[C@H]2C[C@H]3C[C@@H]2CN3)c2nc(Cl)nn2c1=O.Cl. The predicted octanol–water partition coefficient (Wildman–Crippen LogP) is 2.09. The van der Waals surface area contributed by atoms with Crippen LogP contribution < -0.4 is 10.9 Å². The molecule has 3 heterocycles. The van der Waals surface area contributed by atoms with Crippen molar-refractivity contribution in [3.05, 3.63) is 27.4 Å². The Labute approximate surface area is 145 Å². The standard InChI is InChI=1S/C15H20ClN5O.ClH/c1-8(2)12-7-20(6-10-4-11-3-9(10)5-17-11)15-18-14(16)19-21(15)13(12)22;/h7-11,17H,3-6H2,1-2H3;1H/t9-,10-,11-;/m1./s1. The number of halogens is 2. The Morgan fingerprint density at radius 2 is 2.22 bits per heavy atom. The van der Waals surface area contributed by atoms with Crippen LogP contribution in [0.15, 0.2) is 11.0 Å². The topological polar surface area (TPSA) is 64.2 Å². The van der Waals surface area contributed by atoms with E-state index < -0.39 is 0 Å². The molecule has 4 rings (SSSR count). The van der Waals surface area contributed by atoms with Crippen molar-refractivity contribution in [3.63, 3.8) is 0 Å². The molecule has 2 aromatic heterocycles. The van der Waals surface area contributed by atoms with E-state index in [-0.39, 0.29) is 29.2 Å². The lowest BCUT2D eigenvalue weighted by Gasteiger charge is -2.24. The number of hydrogen-bond donors (Lipinski definition) is 1.